The van der Waals surface area contributed by atoms with Gasteiger partial charge in [0.2, 0.25) is 0 Å². The predicted molar refractivity (Wildman–Crippen MR) is 89.4 cm³/mol. The summed E-state index contributed by atoms with van der Waals surface area (Å²) >= 11 is 5.75. The fraction of sp³-hybridized carbons (Fsp3) is 0.250. The second-order valence-electron chi connectivity index (χ2n) is 4.95. The summed E-state index contributed by atoms with van der Waals surface area (Å²) in [6.07, 6.45) is 3.02. The standard InChI is InChI=1S/C16H14BrIO/c17-13-6-7-15(18)14(9-13)16(19)12-5-4-10-2-1-3-11(10)8-12/h4-9,16,19H,1-3H2. The Morgan fingerprint density at radius 3 is 2.68 bits per heavy atom. The number of halogens is 2. The molecule has 0 radical (unpaired) electrons. The van der Waals surface area contributed by atoms with E-state index in [9.17, 15) is 5.11 Å². The second kappa shape index (κ2) is 5.54. The van der Waals surface area contributed by atoms with Crippen molar-refractivity contribution in [2.24, 2.45) is 0 Å². The molecule has 0 heterocycles. The van der Waals surface area contributed by atoms with Crippen molar-refractivity contribution in [3.05, 3.63) is 66.7 Å². The highest BCUT2D eigenvalue weighted by atomic mass is 127. The molecule has 0 amide bonds. The van der Waals surface area contributed by atoms with Gasteiger partial charge in [0.05, 0.1) is 0 Å². The second-order valence-corrected chi connectivity index (χ2v) is 7.03. The van der Waals surface area contributed by atoms with Gasteiger partial charge in [0.25, 0.3) is 0 Å². The topological polar surface area (TPSA) is 20.2 Å². The smallest absolute Gasteiger partial charge is 0.105 e. The lowest BCUT2D eigenvalue weighted by Gasteiger charge is -2.15. The van der Waals surface area contributed by atoms with E-state index >= 15 is 0 Å². The molecule has 0 spiro atoms. The number of aliphatic hydroxyl groups is 1. The van der Waals surface area contributed by atoms with E-state index in [2.05, 4.69) is 56.7 Å². The van der Waals surface area contributed by atoms with Crippen molar-refractivity contribution >= 4 is 38.5 Å². The molecule has 98 valence electrons. The lowest BCUT2D eigenvalue weighted by atomic mass is 9.98. The van der Waals surface area contributed by atoms with Gasteiger partial charge in [-0.1, -0.05) is 34.1 Å². The van der Waals surface area contributed by atoms with Gasteiger partial charge in [-0.2, -0.15) is 0 Å². The van der Waals surface area contributed by atoms with Crippen molar-refractivity contribution in [1.29, 1.82) is 0 Å². The molecular weight excluding hydrogens is 415 g/mol. The molecule has 3 heteroatoms. The van der Waals surface area contributed by atoms with Gasteiger partial charge in [-0.15, -0.1) is 0 Å². The molecule has 1 aliphatic carbocycles. The van der Waals surface area contributed by atoms with Gasteiger partial charge < -0.3 is 5.11 Å². The highest BCUT2D eigenvalue weighted by molar-refractivity contribution is 14.1. The van der Waals surface area contributed by atoms with Crippen molar-refractivity contribution in [3.8, 4) is 0 Å². The first kappa shape index (κ1) is 13.6. The molecule has 19 heavy (non-hydrogen) atoms. The van der Waals surface area contributed by atoms with Gasteiger partial charge in [-0.25, -0.2) is 0 Å². The zero-order valence-corrected chi connectivity index (χ0v) is 14.1. The fourth-order valence-electron chi connectivity index (χ4n) is 2.67. The Morgan fingerprint density at radius 1 is 1.05 bits per heavy atom. The SMILES string of the molecule is OC(c1ccc2c(c1)CCC2)c1cc(Br)ccc1I. The highest BCUT2D eigenvalue weighted by Gasteiger charge is 2.17. The lowest BCUT2D eigenvalue weighted by molar-refractivity contribution is 0.219. The van der Waals surface area contributed by atoms with E-state index in [-0.39, 0.29) is 0 Å². The van der Waals surface area contributed by atoms with E-state index in [1.54, 1.807) is 0 Å². The molecule has 1 aliphatic rings. The number of aryl methyl sites for hydroxylation is 2. The molecule has 0 fully saturated rings. The van der Waals surface area contributed by atoms with E-state index in [0.717, 1.165) is 25.6 Å². The van der Waals surface area contributed by atoms with Crippen LogP contribution in [0.4, 0.5) is 0 Å². The Hall–Kier alpha value is -0.390. The maximum Gasteiger partial charge on any atom is 0.105 e. The van der Waals surface area contributed by atoms with Crippen LogP contribution in [0.15, 0.2) is 40.9 Å². The van der Waals surface area contributed by atoms with Gasteiger partial charge >= 0.3 is 0 Å². The van der Waals surface area contributed by atoms with Crippen LogP contribution in [0, 0.1) is 3.57 Å². The van der Waals surface area contributed by atoms with E-state index in [4.69, 9.17) is 0 Å². The van der Waals surface area contributed by atoms with E-state index < -0.39 is 6.10 Å². The summed E-state index contributed by atoms with van der Waals surface area (Å²) in [4.78, 5) is 0. The quantitative estimate of drug-likeness (QED) is 0.691. The Morgan fingerprint density at radius 2 is 1.84 bits per heavy atom. The summed E-state index contributed by atoms with van der Waals surface area (Å²) in [5.41, 5.74) is 4.81. The maximum atomic E-state index is 10.6. The van der Waals surface area contributed by atoms with Crippen LogP contribution in [0.2, 0.25) is 0 Å². The molecule has 1 nitrogen and oxygen atoms in total. The van der Waals surface area contributed by atoms with Crippen LogP contribution in [0.5, 0.6) is 0 Å². The lowest BCUT2D eigenvalue weighted by Crippen LogP contribution is -2.03. The van der Waals surface area contributed by atoms with Crippen LogP contribution < -0.4 is 0 Å². The van der Waals surface area contributed by atoms with E-state index in [1.807, 2.05) is 18.2 Å². The summed E-state index contributed by atoms with van der Waals surface area (Å²) < 4.78 is 2.09. The molecule has 1 atom stereocenters. The Kier molecular flexibility index (Phi) is 3.96. The summed E-state index contributed by atoms with van der Waals surface area (Å²) in [5.74, 6) is 0. The van der Waals surface area contributed by atoms with Crippen LogP contribution in [0.25, 0.3) is 0 Å². The molecule has 0 bridgehead atoms. The Labute approximate surface area is 135 Å². The molecular formula is C16H14BrIO. The monoisotopic (exact) mass is 428 g/mol. The summed E-state index contributed by atoms with van der Waals surface area (Å²) in [5, 5.41) is 10.6. The number of aliphatic hydroxyl groups excluding tert-OH is 1. The Balaban J connectivity index is 1.99. The molecule has 0 saturated carbocycles. The van der Waals surface area contributed by atoms with Crippen molar-refractivity contribution in [3.63, 3.8) is 0 Å². The van der Waals surface area contributed by atoms with E-state index in [0.29, 0.717) is 0 Å². The minimum atomic E-state index is -0.546. The number of hydrogen-bond donors (Lipinski definition) is 1. The number of fused-ring (bicyclic) bond motifs is 1. The maximum absolute atomic E-state index is 10.6. The minimum Gasteiger partial charge on any atom is -0.384 e. The summed E-state index contributed by atoms with van der Waals surface area (Å²) in [6, 6.07) is 12.4. The number of benzene rings is 2. The minimum absolute atomic E-state index is 0.546. The molecule has 2 aromatic carbocycles. The van der Waals surface area contributed by atoms with E-state index in [1.165, 1.54) is 24.0 Å². The summed E-state index contributed by atoms with van der Waals surface area (Å²) in [6.45, 7) is 0. The van der Waals surface area contributed by atoms with Crippen molar-refractivity contribution in [1.82, 2.24) is 0 Å². The third kappa shape index (κ3) is 2.73. The van der Waals surface area contributed by atoms with Crippen LogP contribution in [-0.4, -0.2) is 5.11 Å². The first-order valence-corrected chi connectivity index (χ1v) is 8.27. The van der Waals surface area contributed by atoms with Gasteiger partial charge in [0.1, 0.15) is 6.10 Å². The average molecular weight is 429 g/mol. The molecule has 2 aromatic rings. The van der Waals surface area contributed by atoms with Gasteiger partial charge in [0.15, 0.2) is 0 Å². The van der Waals surface area contributed by atoms with Gasteiger partial charge in [0, 0.05) is 8.04 Å². The largest absolute Gasteiger partial charge is 0.384 e. The first-order valence-electron chi connectivity index (χ1n) is 6.40. The predicted octanol–water partition coefficient (Wildman–Crippen LogP) is 4.62. The van der Waals surface area contributed by atoms with Crippen LogP contribution >= 0.6 is 38.5 Å². The molecule has 0 aliphatic heterocycles. The van der Waals surface area contributed by atoms with Crippen LogP contribution in [0.1, 0.15) is 34.8 Å². The highest BCUT2D eigenvalue weighted by Crippen LogP contribution is 2.31. The average Bonchev–Trinajstić information content (AvgIpc) is 2.88. The zero-order chi connectivity index (χ0) is 13.4. The molecule has 1 N–H and O–H groups in total. The number of rotatable bonds is 2. The third-order valence-electron chi connectivity index (χ3n) is 3.69. The molecule has 1 unspecified atom stereocenters. The van der Waals surface area contributed by atoms with Gasteiger partial charge in [-0.05, 0) is 82.3 Å². The normalized spacial score (nSPS) is 15.3. The third-order valence-corrected chi connectivity index (χ3v) is 5.17. The Bertz CT molecular complexity index is 624. The molecule has 0 aromatic heterocycles. The van der Waals surface area contributed by atoms with Crippen molar-refractivity contribution < 1.29 is 5.11 Å². The zero-order valence-electron chi connectivity index (χ0n) is 10.4. The fourth-order valence-corrected chi connectivity index (χ4v) is 3.67. The molecule has 0 saturated heterocycles. The number of hydrogen-bond acceptors (Lipinski definition) is 1. The summed E-state index contributed by atoms with van der Waals surface area (Å²) in [7, 11) is 0. The van der Waals surface area contributed by atoms with Crippen LogP contribution in [-0.2, 0) is 12.8 Å². The van der Waals surface area contributed by atoms with Crippen molar-refractivity contribution in [2.45, 2.75) is 25.4 Å². The first-order chi connectivity index (χ1) is 9.15. The molecule has 3 rings (SSSR count). The van der Waals surface area contributed by atoms with Crippen molar-refractivity contribution in [2.75, 3.05) is 0 Å². The van der Waals surface area contributed by atoms with Crippen LogP contribution in [0.3, 0.4) is 0 Å². The van der Waals surface area contributed by atoms with Gasteiger partial charge in [-0.3, -0.25) is 0 Å².